The van der Waals surface area contributed by atoms with Crippen LogP contribution in [-0.4, -0.2) is 0 Å². The number of rotatable bonds is 1. The quantitative estimate of drug-likeness (QED) is 0.562. The van der Waals surface area contributed by atoms with Crippen LogP contribution in [0, 0.1) is 5.92 Å². The lowest BCUT2D eigenvalue weighted by Gasteiger charge is -2.11. The fourth-order valence-electron chi connectivity index (χ4n) is 0.879. The van der Waals surface area contributed by atoms with Crippen LogP contribution in [0.3, 0.4) is 0 Å². The maximum atomic E-state index is 3.07. The van der Waals surface area contributed by atoms with Crippen molar-refractivity contribution in [3.05, 3.63) is 24.0 Å². The van der Waals surface area contributed by atoms with E-state index in [-0.39, 0.29) is 0 Å². The lowest BCUT2D eigenvalue weighted by molar-refractivity contribution is 0.730. The summed E-state index contributed by atoms with van der Waals surface area (Å²) in [5.74, 6) is 0.683. The molecule has 1 aliphatic heterocycles. The van der Waals surface area contributed by atoms with Crippen molar-refractivity contribution in [3.63, 3.8) is 0 Å². The molecule has 0 aromatic rings. The Morgan fingerprint density at radius 3 is 2.67 bits per heavy atom. The van der Waals surface area contributed by atoms with Crippen LogP contribution < -0.4 is 5.32 Å². The Kier molecular flexibility index (Phi) is 1.93. The van der Waals surface area contributed by atoms with Crippen LogP contribution in [-0.2, 0) is 0 Å². The van der Waals surface area contributed by atoms with Crippen LogP contribution in [0.25, 0.3) is 0 Å². The summed E-state index contributed by atoms with van der Waals surface area (Å²) in [7, 11) is 0. The Balaban J connectivity index is 2.50. The second-order valence-electron chi connectivity index (χ2n) is 2.65. The van der Waals surface area contributed by atoms with Crippen molar-refractivity contribution in [1.29, 1.82) is 0 Å². The van der Waals surface area contributed by atoms with Crippen molar-refractivity contribution in [2.45, 2.75) is 20.3 Å². The maximum Gasteiger partial charge on any atom is 0.000202 e. The third-order valence-corrected chi connectivity index (χ3v) is 1.58. The number of hydrogen-bond acceptors (Lipinski definition) is 1. The zero-order valence-corrected chi connectivity index (χ0v) is 6.02. The number of hydrogen-bond donors (Lipinski definition) is 1. The van der Waals surface area contributed by atoms with E-state index in [2.05, 4.69) is 31.4 Å². The normalized spacial score (nSPS) is 17.4. The van der Waals surface area contributed by atoms with Gasteiger partial charge in [-0.05, 0) is 24.1 Å². The van der Waals surface area contributed by atoms with Gasteiger partial charge in [0.15, 0.2) is 0 Å². The van der Waals surface area contributed by atoms with Gasteiger partial charge in [0.2, 0.25) is 0 Å². The third kappa shape index (κ3) is 1.60. The van der Waals surface area contributed by atoms with Gasteiger partial charge in [0.25, 0.3) is 0 Å². The van der Waals surface area contributed by atoms with Crippen LogP contribution in [0.5, 0.6) is 0 Å². The molecular formula is C8H13N. The highest BCUT2D eigenvalue weighted by molar-refractivity contribution is 5.13. The fourth-order valence-corrected chi connectivity index (χ4v) is 0.879. The van der Waals surface area contributed by atoms with Crippen molar-refractivity contribution in [2.75, 3.05) is 0 Å². The molecule has 1 rings (SSSR count). The lowest BCUT2D eigenvalue weighted by Crippen LogP contribution is -2.04. The summed E-state index contributed by atoms with van der Waals surface area (Å²) in [4.78, 5) is 0. The SMILES string of the molecule is CC(C)C1=CNC=CC1. The molecule has 0 aromatic carbocycles. The van der Waals surface area contributed by atoms with Crippen molar-refractivity contribution < 1.29 is 0 Å². The van der Waals surface area contributed by atoms with Gasteiger partial charge in [-0.1, -0.05) is 19.9 Å². The third-order valence-electron chi connectivity index (χ3n) is 1.58. The highest BCUT2D eigenvalue weighted by Crippen LogP contribution is 2.14. The van der Waals surface area contributed by atoms with Gasteiger partial charge in [-0.3, -0.25) is 0 Å². The molecule has 1 heteroatoms. The van der Waals surface area contributed by atoms with E-state index in [4.69, 9.17) is 0 Å². The number of dihydropyridines is 1. The minimum absolute atomic E-state index is 0.683. The number of nitrogens with one attached hydrogen (secondary N) is 1. The van der Waals surface area contributed by atoms with E-state index in [0.29, 0.717) is 5.92 Å². The van der Waals surface area contributed by atoms with Gasteiger partial charge < -0.3 is 5.32 Å². The summed E-state index contributed by atoms with van der Waals surface area (Å²) in [5.41, 5.74) is 1.48. The molecule has 0 unspecified atom stereocenters. The molecule has 1 nitrogen and oxygen atoms in total. The first-order valence-corrected chi connectivity index (χ1v) is 3.40. The standard InChI is InChI=1S/C8H13N/c1-7(2)8-4-3-5-9-6-8/h3,5-7,9H,4H2,1-2H3. The van der Waals surface area contributed by atoms with Gasteiger partial charge in [0, 0.05) is 6.20 Å². The molecule has 0 fully saturated rings. The van der Waals surface area contributed by atoms with Crippen LogP contribution in [0.2, 0.25) is 0 Å². The fraction of sp³-hybridized carbons (Fsp3) is 0.500. The average Bonchev–Trinajstić information content (AvgIpc) is 1.90. The summed E-state index contributed by atoms with van der Waals surface area (Å²) in [6.45, 7) is 4.43. The van der Waals surface area contributed by atoms with E-state index in [0.717, 1.165) is 6.42 Å². The summed E-state index contributed by atoms with van der Waals surface area (Å²) in [5, 5.41) is 3.07. The lowest BCUT2D eigenvalue weighted by atomic mass is 10.0. The van der Waals surface area contributed by atoms with Gasteiger partial charge in [-0.2, -0.15) is 0 Å². The number of allylic oxidation sites excluding steroid dienone is 2. The monoisotopic (exact) mass is 123 g/mol. The largest absolute Gasteiger partial charge is 0.368 e. The van der Waals surface area contributed by atoms with Crippen LogP contribution in [0.1, 0.15) is 20.3 Å². The van der Waals surface area contributed by atoms with Gasteiger partial charge in [0.05, 0.1) is 0 Å². The molecule has 1 N–H and O–H groups in total. The summed E-state index contributed by atoms with van der Waals surface area (Å²) in [6.07, 6.45) is 7.33. The minimum atomic E-state index is 0.683. The summed E-state index contributed by atoms with van der Waals surface area (Å²) in [6, 6.07) is 0. The Labute approximate surface area is 56.5 Å². The molecule has 1 heterocycles. The molecule has 9 heavy (non-hydrogen) atoms. The van der Waals surface area contributed by atoms with Gasteiger partial charge >= 0.3 is 0 Å². The van der Waals surface area contributed by atoms with Crippen LogP contribution >= 0.6 is 0 Å². The molecule has 0 radical (unpaired) electrons. The first kappa shape index (κ1) is 6.40. The second-order valence-corrected chi connectivity index (χ2v) is 2.65. The molecule has 0 spiro atoms. The van der Waals surface area contributed by atoms with E-state index in [9.17, 15) is 0 Å². The highest BCUT2D eigenvalue weighted by Gasteiger charge is 2.01. The Bertz CT molecular complexity index is 143. The van der Waals surface area contributed by atoms with E-state index in [1.165, 1.54) is 5.57 Å². The predicted molar refractivity (Wildman–Crippen MR) is 39.8 cm³/mol. The minimum Gasteiger partial charge on any atom is -0.368 e. The summed E-state index contributed by atoms with van der Waals surface area (Å²) >= 11 is 0. The Morgan fingerprint density at radius 1 is 1.56 bits per heavy atom. The first-order chi connectivity index (χ1) is 4.30. The Morgan fingerprint density at radius 2 is 2.33 bits per heavy atom. The van der Waals surface area contributed by atoms with E-state index >= 15 is 0 Å². The summed E-state index contributed by atoms with van der Waals surface area (Å²) < 4.78 is 0. The molecule has 0 saturated heterocycles. The Hall–Kier alpha value is -0.720. The smallest absolute Gasteiger partial charge is 0.000202 e. The molecule has 50 valence electrons. The van der Waals surface area contributed by atoms with E-state index in [1.807, 2.05) is 6.20 Å². The molecule has 1 aliphatic rings. The van der Waals surface area contributed by atoms with Crippen molar-refractivity contribution in [2.24, 2.45) is 5.92 Å². The molecule has 0 aromatic heterocycles. The predicted octanol–water partition coefficient (Wildman–Crippen LogP) is 2.03. The zero-order chi connectivity index (χ0) is 6.69. The molecule has 0 saturated carbocycles. The first-order valence-electron chi connectivity index (χ1n) is 3.40. The van der Waals surface area contributed by atoms with Crippen LogP contribution in [0.15, 0.2) is 24.0 Å². The van der Waals surface area contributed by atoms with Crippen molar-refractivity contribution in [3.8, 4) is 0 Å². The molecular weight excluding hydrogens is 110 g/mol. The van der Waals surface area contributed by atoms with Gasteiger partial charge in [-0.15, -0.1) is 0 Å². The molecule has 0 amide bonds. The molecule has 0 atom stereocenters. The van der Waals surface area contributed by atoms with Gasteiger partial charge in [0.1, 0.15) is 0 Å². The highest BCUT2D eigenvalue weighted by atomic mass is 14.8. The average molecular weight is 123 g/mol. The van der Waals surface area contributed by atoms with Crippen molar-refractivity contribution in [1.82, 2.24) is 5.32 Å². The van der Waals surface area contributed by atoms with Gasteiger partial charge in [-0.25, -0.2) is 0 Å². The van der Waals surface area contributed by atoms with Crippen molar-refractivity contribution >= 4 is 0 Å². The topological polar surface area (TPSA) is 12.0 Å². The second kappa shape index (κ2) is 2.72. The molecule has 0 aliphatic carbocycles. The van der Waals surface area contributed by atoms with E-state index in [1.54, 1.807) is 0 Å². The van der Waals surface area contributed by atoms with Crippen LogP contribution in [0.4, 0.5) is 0 Å². The zero-order valence-electron chi connectivity index (χ0n) is 6.02. The molecule has 0 bridgehead atoms. The maximum absolute atomic E-state index is 3.07. The van der Waals surface area contributed by atoms with E-state index < -0.39 is 0 Å².